The molecular weight excluding hydrogens is 300 g/mol. The number of esters is 1. The molecule has 4 heterocycles. The number of allylic oxidation sites excluding steroid dienone is 1. The predicted molar refractivity (Wildman–Crippen MR) is 95.1 cm³/mol. The highest BCUT2D eigenvalue weighted by Gasteiger charge is 2.39. The molecule has 0 amide bonds. The number of methoxy groups -OCH3 is 1. The van der Waals surface area contributed by atoms with Crippen LogP contribution in [0.3, 0.4) is 0 Å². The molecule has 1 unspecified atom stereocenters. The van der Waals surface area contributed by atoms with E-state index < -0.39 is 0 Å². The van der Waals surface area contributed by atoms with E-state index in [2.05, 4.69) is 41.1 Å². The van der Waals surface area contributed by atoms with E-state index in [1.54, 1.807) is 0 Å². The molecule has 0 radical (unpaired) electrons. The number of aromatic amines is 1. The van der Waals surface area contributed by atoms with Gasteiger partial charge in [-0.15, -0.1) is 0 Å². The minimum Gasteiger partial charge on any atom is -0.468 e. The maximum absolute atomic E-state index is 12.7. The Labute approximate surface area is 142 Å². The Kier molecular flexibility index (Phi) is 3.93. The first-order valence-electron chi connectivity index (χ1n) is 8.77. The van der Waals surface area contributed by atoms with Crippen molar-refractivity contribution in [2.45, 2.75) is 25.7 Å². The lowest BCUT2D eigenvalue weighted by atomic mass is 9.78. The fraction of sp³-hybridized carbons (Fsp3) is 0.450. The quantitative estimate of drug-likeness (QED) is 0.647. The minimum atomic E-state index is -0.233. The molecule has 3 aliphatic rings. The van der Waals surface area contributed by atoms with Gasteiger partial charge in [0.2, 0.25) is 0 Å². The molecule has 0 spiro atoms. The maximum atomic E-state index is 12.7. The molecule has 4 heteroatoms. The highest BCUT2D eigenvalue weighted by atomic mass is 16.5. The average Bonchev–Trinajstić information content (AvgIpc) is 3.02. The van der Waals surface area contributed by atoms with Crippen molar-refractivity contribution in [3.8, 4) is 0 Å². The third-order valence-corrected chi connectivity index (χ3v) is 5.70. The number of fused-ring (bicyclic) bond motifs is 4. The lowest BCUT2D eigenvalue weighted by molar-refractivity contribution is -0.143. The van der Waals surface area contributed by atoms with E-state index >= 15 is 0 Å². The molecule has 1 saturated heterocycles. The molecule has 1 aromatic carbocycles. The summed E-state index contributed by atoms with van der Waals surface area (Å²) in [4.78, 5) is 18.8. The van der Waals surface area contributed by atoms with Crippen LogP contribution in [0.1, 0.15) is 30.5 Å². The van der Waals surface area contributed by atoms with Gasteiger partial charge in [0, 0.05) is 35.6 Å². The van der Waals surface area contributed by atoms with Crippen molar-refractivity contribution in [3.05, 3.63) is 47.2 Å². The molecule has 0 saturated carbocycles. The smallest absolute Gasteiger partial charge is 0.315 e. The highest BCUT2D eigenvalue weighted by Crippen LogP contribution is 2.41. The Morgan fingerprint density at radius 1 is 1.33 bits per heavy atom. The van der Waals surface area contributed by atoms with Crippen LogP contribution >= 0.6 is 0 Å². The van der Waals surface area contributed by atoms with Crippen LogP contribution in [0.2, 0.25) is 0 Å². The second kappa shape index (κ2) is 6.10. The zero-order valence-corrected chi connectivity index (χ0v) is 14.3. The number of rotatable bonds is 1. The molecule has 3 atom stereocenters. The Balaban J connectivity index is 1.94. The molecular formula is C20H24N2O2. The monoisotopic (exact) mass is 324 g/mol. The minimum absolute atomic E-state index is 0.123. The predicted octanol–water partition coefficient (Wildman–Crippen LogP) is 3.25. The fourth-order valence-electron chi connectivity index (χ4n) is 4.47. The third-order valence-electron chi connectivity index (χ3n) is 5.70. The van der Waals surface area contributed by atoms with Gasteiger partial charge in [0.25, 0.3) is 0 Å². The number of ether oxygens (including phenoxy) is 1. The summed E-state index contributed by atoms with van der Waals surface area (Å²) >= 11 is 0. The summed E-state index contributed by atoms with van der Waals surface area (Å²) < 4.78 is 5.22. The van der Waals surface area contributed by atoms with E-state index in [0.717, 1.165) is 43.7 Å². The molecule has 2 bridgehead atoms. The molecule has 24 heavy (non-hydrogen) atoms. The largest absolute Gasteiger partial charge is 0.468 e. The van der Waals surface area contributed by atoms with Crippen molar-refractivity contribution < 1.29 is 9.53 Å². The topological polar surface area (TPSA) is 45.3 Å². The van der Waals surface area contributed by atoms with Crippen molar-refractivity contribution in [3.63, 3.8) is 0 Å². The van der Waals surface area contributed by atoms with E-state index in [9.17, 15) is 4.79 Å². The average molecular weight is 324 g/mol. The summed E-state index contributed by atoms with van der Waals surface area (Å²) in [6, 6.07) is 8.36. The van der Waals surface area contributed by atoms with Gasteiger partial charge < -0.3 is 9.72 Å². The maximum Gasteiger partial charge on any atom is 0.315 e. The number of H-pyrrole nitrogens is 1. The molecule has 3 aliphatic heterocycles. The standard InChI is InChI=1S/C20H24N2O2/c1-3-13-12-22-10-8-14(13)18(20(23)24-2)19-16(9-11-22)15-6-4-5-7-17(15)21-19/h3-7,14,18,21H,8-12H2,1-2H3/b13-3-/t14-,18-/m0/s1. The molecule has 2 aromatic rings. The number of carbonyl (C=O) groups excluding carboxylic acids is 1. The summed E-state index contributed by atoms with van der Waals surface area (Å²) in [5, 5.41) is 1.24. The van der Waals surface area contributed by atoms with Crippen molar-refractivity contribution >= 4 is 16.9 Å². The number of hydrogen-bond acceptors (Lipinski definition) is 3. The van der Waals surface area contributed by atoms with Crippen LogP contribution in [0.4, 0.5) is 0 Å². The van der Waals surface area contributed by atoms with Crippen LogP contribution < -0.4 is 0 Å². The number of hydrogen-bond donors (Lipinski definition) is 1. The van der Waals surface area contributed by atoms with Crippen LogP contribution in [0.15, 0.2) is 35.9 Å². The van der Waals surface area contributed by atoms with Crippen molar-refractivity contribution in [2.24, 2.45) is 5.92 Å². The van der Waals surface area contributed by atoms with Gasteiger partial charge in [-0.05, 0) is 37.9 Å². The summed E-state index contributed by atoms with van der Waals surface area (Å²) in [6.45, 7) is 5.14. The van der Waals surface area contributed by atoms with Crippen molar-refractivity contribution in [2.75, 3.05) is 26.7 Å². The van der Waals surface area contributed by atoms with Crippen molar-refractivity contribution in [1.82, 2.24) is 9.88 Å². The fourth-order valence-corrected chi connectivity index (χ4v) is 4.47. The zero-order chi connectivity index (χ0) is 16.7. The van der Waals surface area contributed by atoms with E-state index in [1.165, 1.54) is 23.6 Å². The van der Waals surface area contributed by atoms with Gasteiger partial charge in [-0.25, -0.2) is 0 Å². The summed E-state index contributed by atoms with van der Waals surface area (Å²) in [7, 11) is 1.50. The summed E-state index contributed by atoms with van der Waals surface area (Å²) in [5.74, 6) is -0.130. The SMILES string of the molecule is C/C=C1/CN2CCc3c([nH]c4ccccc34)[C@@H](C(=O)OC)[C@H]1CC2. The number of carbonyl (C=O) groups is 1. The summed E-state index contributed by atoms with van der Waals surface area (Å²) in [6.07, 6.45) is 4.17. The van der Waals surface area contributed by atoms with E-state index in [-0.39, 0.29) is 17.8 Å². The van der Waals surface area contributed by atoms with Gasteiger partial charge in [0.1, 0.15) is 5.92 Å². The number of aromatic nitrogens is 1. The van der Waals surface area contributed by atoms with Crippen LogP contribution in [0.5, 0.6) is 0 Å². The lowest BCUT2D eigenvalue weighted by Gasteiger charge is -2.35. The Morgan fingerprint density at radius 2 is 2.17 bits per heavy atom. The van der Waals surface area contributed by atoms with Crippen LogP contribution in [-0.2, 0) is 16.0 Å². The van der Waals surface area contributed by atoms with Crippen LogP contribution in [0, 0.1) is 5.92 Å². The molecule has 4 nitrogen and oxygen atoms in total. The molecule has 1 fully saturated rings. The number of benzene rings is 1. The number of para-hydroxylation sites is 1. The summed E-state index contributed by atoms with van der Waals surface area (Å²) in [5.41, 5.74) is 4.83. The second-order valence-corrected chi connectivity index (χ2v) is 6.85. The van der Waals surface area contributed by atoms with Crippen molar-refractivity contribution in [1.29, 1.82) is 0 Å². The normalized spacial score (nSPS) is 28.2. The third kappa shape index (κ3) is 2.37. The molecule has 0 aliphatic carbocycles. The van der Waals surface area contributed by atoms with Gasteiger partial charge in [-0.1, -0.05) is 29.8 Å². The van der Waals surface area contributed by atoms with Gasteiger partial charge >= 0.3 is 5.97 Å². The van der Waals surface area contributed by atoms with Gasteiger partial charge in [-0.2, -0.15) is 0 Å². The first kappa shape index (κ1) is 15.5. The first-order valence-corrected chi connectivity index (χ1v) is 8.77. The highest BCUT2D eigenvalue weighted by molar-refractivity contribution is 5.88. The van der Waals surface area contributed by atoms with Gasteiger partial charge in [-0.3, -0.25) is 9.69 Å². The Bertz CT molecular complexity index is 805. The van der Waals surface area contributed by atoms with Gasteiger partial charge in [0.05, 0.1) is 7.11 Å². The van der Waals surface area contributed by atoms with Gasteiger partial charge in [0.15, 0.2) is 0 Å². The molecule has 1 aromatic heterocycles. The van der Waals surface area contributed by atoms with E-state index in [1.807, 2.05) is 6.07 Å². The second-order valence-electron chi connectivity index (χ2n) is 6.85. The first-order chi connectivity index (χ1) is 11.7. The number of nitrogens with zero attached hydrogens (tertiary/aromatic N) is 1. The van der Waals surface area contributed by atoms with Crippen LogP contribution in [-0.4, -0.2) is 42.6 Å². The zero-order valence-electron chi connectivity index (χ0n) is 14.3. The number of nitrogens with one attached hydrogen (secondary N) is 1. The Morgan fingerprint density at radius 3 is 2.96 bits per heavy atom. The van der Waals surface area contributed by atoms with Crippen LogP contribution in [0.25, 0.3) is 10.9 Å². The number of piperidine rings is 1. The molecule has 1 N–H and O–H groups in total. The lowest BCUT2D eigenvalue weighted by Crippen LogP contribution is -2.39. The molecule has 5 rings (SSSR count). The Hall–Kier alpha value is -2.07. The van der Waals surface area contributed by atoms with E-state index in [0.29, 0.717) is 0 Å². The molecule has 126 valence electrons. The van der Waals surface area contributed by atoms with E-state index in [4.69, 9.17) is 4.74 Å².